The first-order chi connectivity index (χ1) is 16.2. The van der Waals surface area contributed by atoms with Crippen LogP contribution in [-0.2, 0) is 14.8 Å². The first kappa shape index (κ1) is 24.7. The summed E-state index contributed by atoms with van der Waals surface area (Å²) in [7, 11) is -4.16. The summed E-state index contributed by atoms with van der Waals surface area (Å²) < 4.78 is 33.1. The van der Waals surface area contributed by atoms with Crippen molar-refractivity contribution < 1.29 is 22.9 Å². The van der Waals surface area contributed by atoms with Crippen LogP contribution in [0.3, 0.4) is 0 Å². The maximum atomic E-state index is 13.3. The van der Waals surface area contributed by atoms with E-state index >= 15 is 0 Å². The molecule has 3 aromatic carbocycles. The monoisotopic (exact) mass is 483 g/mol. The molecule has 0 spiro atoms. The SMILES string of the molecule is Cc1cccc(OCCNC(=O)CN(c2cccc([N+](=O)[O-])c2)S(=O)(=O)c2ccccc2)c1C. The Morgan fingerprint density at radius 2 is 1.74 bits per heavy atom. The lowest BCUT2D eigenvalue weighted by Gasteiger charge is -2.24. The number of non-ortho nitro benzene ring substituents is 1. The van der Waals surface area contributed by atoms with Crippen LogP contribution in [0, 0.1) is 24.0 Å². The van der Waals surface area contributed by atoms with Gasteiger partial charge in [0.05, 0.1) is 22.1 Å². The Morgan fingerprint density at radius 1 is 1.03 bits per heavy atom. The number of ether oxygens (including phenoxy) is 1. The zero-order valence-electron chi connectivity index (χ0n) is 18.8. The second-order valence-corrected chi connectivity index (χ2v) is 9.36. The summed E-state index contributed by atoms with van der Waals surface area (Å²) in [4.78, 5) is 23.2. The summed E-state index contributed by atoms with van der Waals surface area (Å²) in [6.07, 6.45) is 0. The van der Waals surface area contributed by atoms with E-state index in [-0.39, 0.29) is 29.4 Å². The molecule has 0 heterocycles. The van der Waals surface area contributed by atoms with Crippen LogP contribution in [0.4, 0.5) is 11.4 Å². The van der Waals surface area contributed by atoms with Crippen molar-refractivity contribution >= 4 is 27.3 Å². The minimum atomic E-state index is -4.16. The first-order valence-electron chi connectivity index (χ1n) is 10.5. The molecule has 0 atom stereocenters. The van der Waals surface area contributed by atoms with Gasteiger partial charge in [0.15, 0.2) is 0 Å². The standard InChI is InChI=1S/C24H25N3O6S/c1-18-8-6-13-23(19(18)2)33-15-14-25-24(28)17-26(20-9-7-10-21(16-20)27(29)30)34(31,32)22-11-4-3-5-12-22/h3-13,16H,14-15,17H2,1-2H3,(H,25,28). The van der Waals surface area contributed by atoms with E-state index in [0.29, 0.717) is 5.75 Å². The number of nitrogens with one attached hydrogen (secondary N) is 1. The van der Waals surface area contributed by atoms with Crippen LogP contribution in [0.5, 0.6) is 5.75 Å². The van der Waals surface area contributed by atoms with Crippen molar-refractivity contribution in [3.63, 3.8) is 0 Å². The molecule has 3 rings (SSSR count). The van der Waals surface area contributed by atoms with Gasteiger partial charge in [-0.2, -0.15) is 0 Å². The summed E-state index contributed by atoms with van der Waals surface area (Å²) in [6.45, 7) is 3.70. The smallest absolute Gasteiger partial charge is 0.271 e. The number of carbonyl (C=O) groups is 1. The van der Waals surface area contributed by atoms with Crippen LogP contribution in [-0.4, -0.2) is 38.9 Å². The topological polar surface area (TPSA) is 119 Å². The van der Waals surface area contributed by atoms with Crippen LogP contribution >= 0.6 is 0 Å². The molecule has 1 N–H and O–H groups in total. The first-order valence-corrected chi connectivity index (χ1v) is 11.9. The Kier molecular flexibility index (Phi) is 7.85. The maximum absolute atomic E-state index is 13.3. The number of sulfonamides is 1. The molecule has 3 aromatic rings. The average molecular weight is 484 g/mol. The summed E-state index contributed by atoms with van der Waals surface area (Å²) in [6, 6.07) is 18.4. The predicted octanol–water partition coefficient (Wildman–Crippen LogP) is 3.60. The zero-order chi connectivity index (χ0) is 24.7. The van der Waals surface area contributed by atoms with Gasteiger partial charge in [-0.3, -0.25) is 19.2 Å². The lowest BCUT2D eigenvalue weighted by molar-refractivity contribution is -0.384. The molecule has 0 bridgehead atoms. The van der Waals surface area contributed by atoms with E-state index in [4.69, 9.17) is 4.74 Å². The molecule has 0 radical (unpaired) electrons. The fourth-order valence-electron chi connectivity index (χ4n) is 3.21. The summed E-state index contributed by atoms with van der Waals surface area (Å²) in [5, 5.41) is 13.8. The second-order valence-electron chi connectivity index (χ2n) is 7.50. The van der Waals surface area contributed by atoms with Gasteiger partial charge in [-0.15, -0.1) is 0 Å². The van der Waals surface area contributed by atoms with Crippen molar-refractivity contribution in [2.75, 3.05) is 24.0 Å². The fourth-order valence-corrected chi connectivity index (χ4v) is 4.65. The normalized spacial score (nSPS) is 11.0. The van der Waals surface area contributed by atoms with Crippen molar-refractivity contribution in [2.45, 2.75) is 18.7 Å². The van der Waals surface area contributed by atoms with Gasteiger partial charge < -0.3 is 10.1 Å². The quantitative estimate of drug-likeness (QED) is 0.267. The van der Waals surface area contributed by atoms with E-state index in [1.807, 2.05) is 32.0 Å². The predicted molar refractivity (Wildman–Crippen MR) is 128 cm³/mol. The van der Waals surface area contributed by atoms with Gasteiger partial charge in [0.1, 0.15) is 18.9 Å². The lowest BCUT2D eigenvalue weighted by atomic mass is 10.1. The fraction of sp³-hybridized carbons (Fsp3) is 0.208. The van der Waals surface area contributed by atoms with E-state index in [9.17, 15) is 23.3 Å². The number of carbonyl (C=O) groups excluding carboxylic acids is 1. The number of aryl methyl sites for hydroxylation is 1. The van der Waals surface area contributed by atoms with Gasteiger partial charge in [-0.1, -0.05) is 36.4 Å². The summed E-state index contributed by atoms with van der Waals surface area (Å²) in [5.74, 6) is 0.134. The minimum Gasteiger partial charge on any atom is -0.491 e. The number of hydrogen-bond donors (Lipinski definition) is 1. The molecule has 0 aliphatic rings. The minimum absolute atomic E-state index is 0.0137. The third-order valence-electron chi connectivity index (χ3n) is 5.18. The molecule has 1 amide bonds. The van der Waals surface area contributed by atoms with E-state index in [1.165, 1.54) is 30.3 Å². The zero-order valence-corrected chi connectivity index (χ0v) is 19.6. The number of nitro benzene ring substituents is 1. The molecular formula is C24H25N3O6S. The molecule has 34 heavy (non-hydrogen) atoms. The Morgan fingerprint density at radius 3 is 2.44 bits per heavy atom. The molecule has 0 aliphatic carbocycles. The van der Waals surface area contributed by atoms with E-state index in [1.54, 1.807) is 18.2 Å². The van der Waals surface area contributed by atoms with Crippen LogP contribution in [0.25, 0.3) is 0 Å². The average Bonchev–Trinajstić information content (AvgIpc) is 2.83. The molecule has 0 aromatic heterocycles. The molecule has 0 fully saturated rings. The van der Waals surface area contributed by atoms with Gasteiger partial charge in [-0.05, 0) is 49.2 Å². The van der Waals surface area contributed by atoms with E-state index < -0.39 is 27.4 Å². The number of rotatable bonds is 10. The number of anilines is 1. The highest BCUT2D eigenvalue weighted by Gasteiger charge is 2.28. The number of nitro groups is 1. The number of hydrogen-bond acceptors (Lipinski definition) is 6. The number of nitrogens with zero attached hydrogens (tertiary/aromatic N) is 2. The highest BCUT2D eigenvalue weighted by molar-refractivity contribution is 7.92. The van der Waals surface area contributed by atoms with Crippen molar-refractivity contribution in [2.24, 2.45) is 0 Å². The van der Waals surface area contributed by atoms with Crippen molar-refractivity contribution in [3.8, 4) is 5.75 Å². The van der Waals surface area contributed by atoms with Crippen molar-refractivity contribution in [1.29, 1.82) is 0 Å². The van der Waals surface area contributed by atoms with Crippen molar-refractivity contribution in [1.82, 2.24) is 5.32 Å². The molecule has 0 unspecified atom stereocenters. The molecule has 0 saturated heterocycles. The maximum Gasteiger partial charge on any atom is 0.271 e. The highest BCUT2D eigenvalue weighted by atomic mass is 32.2. The highest BCUT2D eigenvalue weighted by Crippen LogP contribution is 2.27. The van der Waals surface area contributed by atoms with Gasteiger partial charge in [-0.25, -0.2) is 8.42 Å². The number of benzene rings is 3. The summed E-state index contributed by atoms with van der Waals surface area (Å²) >= 11 is 0. The molecule has 10 heteroatoms. The third kappa shape index (κ3) is 5.90. The van der Waals surface area contributed by atoms with Crippen molar-refractivity contribution in [3.05, 3.63) is 94.0 Å². The summed E-state index contributed by atoms with van der Waals surface area (Å²) in [5.41, 5.74) is 1.81. The Hall–Kier alpha value is -3.92. The molecule has 0 saturated carbocycles. The molecule has 0 aliphatic heterocycles. The number of amides is 1. The molecule has 9 nitrogen and oxygen atoms in total. The molecule has 178 valence electrons. The van der Waals surface area contributed by atoms with Crippen LogP contribution in [0.1, 0.15) is 11.1 Å². The third-order valence-corrected chi connectivity index (χ3v) is 6.97. The lowest BCUT2D eigenvalue weighted by Crippen LogP contribution is -2.42. The Bertz CT molecular complexity index is 1280. The Balaban J connectivity index is 1.75. The van der Waals surface area contributed by atoms with Gasteiger partial charge in [0.25, 0.3) is 15.7 Å². The van der Waals surface area contributed by atoms with Gasteiger partial charge in [0.2, 0.25) is 5.91 Å². The van der Waals surface area contributed by atoms with Gasteiger partial charge >= 0.3 is 0 Å². The second kappa shape index (κ2) is 10.8. The van der Waals surface area contributed by atoms with Crippen LogP contribution in [0.2, 0.25) is 0 Å². The van der Waals surface area contributed by atoms with Crippen LogP contribution in [0.15, 0.2) is 77.7 Å². The Labute approximate surface area is 198 Å². The van der Waals surface area contributed by atoms with E-state index in [2.05, 4.69) is 5.32 Å². The van der Waals surface area contributed by atoms with Crippen LogP contribution < -0.4 is 14.4 Å². The largest absolute Gasteiger partial charge is 0.491 e. The molecular weight excluding hydrogens is 458 g/mol. The van der Waals surface area contributed by atoms with Gasteiger partial charge in [0, 0.05) is 12.1 Å². The van der Waals surface area contributed by atoms with E-state index in [0.717, 1.165) is 21.5 Å².